The molecule has 3 heterocycles. The van der Waals surface area contributed by atoms with Crippen LogP contribution in [-0.2, 0) is 34.5 Å². The van der Waals surface area contributed by atoms with Crippen molar-refractivity contribution < 1.29 is 35.9 Å². The Hall–Kier alpha value is -3.16. The monoisotopic (exact) mass is 580 g/mol. The number of alkyl halides is 3. The highest BCUT2D eigenvalue weighted by Gasteiger charge is 2.39. The summed E-state index contributed by atoms with van der Waals surface area (Å²) in [4.78, 5) is 28.3. The quantitative estimate of drug-likeness (QED) is 0.516. The van der Waals surface area contributed by atoms with Gasteiger partial charge in [-0.15, -0.1) is 0 Å². The van der Waals surface area contributed by atoms with Crippen molar-refractivity contribution in [2.24, 2.45) is 0 Å². The van der Waals surface area contributed by atoms with Gasteiger partial charge in [0.2, 0.25) is 15.9 Å². The first-order valence-electron chi connectivity index (χ1n) is 13.2. The second kappa shape index (κ2) is 11.4. The van der Waals surface area contributed by atoms with E-state index in [2.05, 4.69) is 5.32 Å². The molecular formula is C27H31F3N4O5S. The Bertz CT molecular complexity index is 1350. The molecule has 2 aromatic rings. The van der Waals surface area contributed by atoms with Gasteiger partial charge < -0.3 is 15.0 Å². The number of halogens is 3. The number of ether oxygens (including phenoxy) is 1. The molecule has 2 aromatic carbocycles. The number of carbonyl (C=O) groups excluding carboxylic acids is 2. The zero-order valence-corrected chi connectivity index (χ0v) is 22.6. The van der Waals surface area contributed by atoms with Gasteiger partial charge in [0.15, 0.2) is 5.75 Å². The van der Waals surface area contributed by atoms with Crippen LogP contribution in [0.3, 0.4) is 0 Å². The second-order valence-corrected chi connectivity index (χ2v) is 12.3. The highest BCUT2D eigenvalue weighted by atomic mass is 32.2. The van der Waals surface area contributed by atoms with Crippen molar-refractivity contribution in [2.45, 2.75) is 44.8 Å². The van der Waals surface area contributed by atoms with Gasteiger partial charge in [0, 0.05) is 56.8 Å². The summed E-state index contributed by atoms with van der Waals surface area (Å²) in [6.45, 7) is 2.51. The fraction of sp³-hybridized carbons (Fsp3) is 0.481. The van der Waals surface area contributed by atoms with Gasteiger partial charge in [0.25, 0.3) is 5.91 Å². The topological polar surface area (TPSA) is 99.3 Å². The van der Waals surface area contributed by atoms with Crippen molar-refractivity contribution in [2.75, 3.05) is 38.5 Å². The average Bonchev–Trinajstić information content (AvgIpc) is 3.24. The molecule has 0 aromatic heterocycles. The fourth-order valence-corrected chi connectivity index (χ4v) is 6.68. The van der Waals surface area contributed by atoms with Gasteiger partial charge in [-0.05, 0) is 29.7 Å². The number of piperidine rings is 1. The third kappa shape index (κ3) is 6.58. The van der Waals surface area contributed by atoms with Crippen molar-refractivity contribution in [1.82, 2.24) is 19.4 Å². The van der Waals surface area contributed by atoms with Crippen molar-refractivity contribution >= 4 is 21.8 Å². The van der Waals surface area contributed by atoms with Crippen LogP contribution in [0.4, 0.5) is 13.2 Å². The lowest BCUT2D eigenvalue weighted by molar-refractivity contribution is -0.123. The number of carbonyl (C=O) groups is 2. The average molecular weight is 581 g/mol. The molecular weight excluding hydrogens is 549 g/mol. The van der Waals surface area contributed by atoms with Crippen molar-refractivity contribution in [1.29, 1.82) is 0 Å². The zero-order valence-electron chi connectivity index (χ0n) is 21.8. The van der Waals surface area contributed by atoms with E-state index in [1.54, 1.807) is 17.0 Å². The maximum atomic E-state index is 13.0. The van der Waals surface area contributed by atoms with Crippen LogP contribution in [0.5, 0.6) is 5.75 Å². The molecule has 13 heteroatoms. The standard InChI is InChI=1S/C27H31F3N4O5S/c28-27(29,30)18-40(37,38)33-12-10-32(11-13-33)15-19-4-6-20(7-5-19)17-39-24-3-1-2-22-23(24)16-34(26(22)36)21-8-9-25(35)31-14-21/h1-7,21H,8-18H2,(H,31,35). The van der Waals surface area contributed by atoms with Crippen LogP contribution in [0.1, 0.15) is 39.9 Å². The van der Waals surface area contributed by atoms with Crippen LogP contribution in [0.15, 0.2) is 42.5 Å². The summed E-state index contributed by atoms with van der Waals surface area (Å²) in [5, 5.41) is 2.83. The van der Waals surface area contributed by atoms with E-state index < -0.39 is 22.0 Å². The maximum Gasteiger partial charge on any atom is 0.404 e. The third-order valence-electron chi connectivity index (χ3n) is 7.53. The first-order valence-corrected chi connectivity index (χ1v) is 14.8. The van der Waals surface area contributed by atoms with Crippen LogP contribution in [0.25, 0.3) is 0 Å². The summed E-state index contributed by atoms with van der Waals surface area (Å²) in [5.41, 5.74) is 3.39. The zero-order chi connectivity index (χ0) is 28.5. The smallest absolute Gasteiger partial charge is 0.404 e. The van der Waals surface area contributed by atoms with Gasteiger partial charge >= 0.3 is 6.18 Å². The number of benzene rings is 2. The predicted molar refractivity (Wildman–Crippen MR) is 140 cm³/mol. The van der Waals surface area contributed by atoms with Crippen LogP contribution >= 0.6 is 0 Å². The molecule has 216 valence electrons. The van der Waals surface area contributed by atoms with Gasteiger partial charge in [0.1, 0.15) is 12.4 Å². The Kier molecular flexibility index (Phi) is 8.07. The van der Waals surface area contributed by atoms with E-state index in [9.17, 15) is 31.2 Å². The lowest BCUT2D eigenvalue weighted by Gasteiger charge is -2.34. The Balaban J connectivity index is 1.13. The summed E-state index contributed by atoms with van der Waals surface area (Å²) in [7, 11) is -4.36. The van der Waals surface area contributed by atoms with E-state index in [0.29, 0.717) is 63.5 Å². The van der Waals surface area contributed by atoms with Crippen LogP contribution in [0, 0.1) is 0 Å². The summed E-state index contributed by atoms with van der Waals surface area (Å²) < 4.78 is 68.7. The van der Waals surface area contributed by atoms with E-state index in [1.807, 2.05) is 35.2 Å². The molecule has 40 heavy (non-hydrogen) atoms. The van der Waals surface area contributed by atoms with Crippen molar-refractivity contribution in [3.05, 3.63) is 64.7 Å². The first-order chi connectivity index (χ1) is 19.0. The highest BCUT2D eigenvalue weighted by Crippen LogP contribution is 2.33. The third-order valence-corrected chi connectivity index (χ3v) is 9.37. The van der Waals surface area contributed by atoms with Gasteiger partial charge in [0.05, 0.1) is 12.6 Å². The molecule has 1 unspecified atom stereocenters. The number of amides is 2. The highest BCUT2D eigenvalue weighted by molar-refractivity contribution is 7.89. The largest absolute Gasteiger partial charge is 0.489 e. The summed E-state index contributed by atoms with van der Waals surface area (Å²) in [5.74, 6) is -1.22. The van der Waals surface area contributed by atoms with E-state index in [1.165, 1.54) is 0 Å². The van der Waals surface area contributed by atoms with Gasteiger partial charge in [-0.1, -0.05) is 30.3 Å². The molecule has 1 atom stereocenters. The molecule has 0 saturated carbocycles. The van der Waals surface area contributed by atoms with E-state index >= 15 is 0 Å². The fourth-order valence-electron chi connectivity index (χ4n) is 5.37. The Morgan fingerprint density at radius 3 is 2.33 bits per heavy atom. The van der Waals surface area contributed by atoms with Gasteiger partial charge in [-0.2, -0.15) is 17.5 Å². The predicted octanol–water partition coefficient (Wildman–Crippen LogP) is 2.51. The van der Waals surface area contributed by atoms with Crippen LogP contribution in [-0.4, -0.2) is 85.0 Å². The number of rotatable bonds is 8. The normalized spacial score (nSPS) is 20.9. The minimum Gasteiger partial charge on any atom is -0.489 e. The molecule has 5 rings (SSSR count). The molecule has 3 aliphatic rings. The van der Waals surface area contributed by atoms with Crippen molar-refractivity contribution in [3.63, 3.8) is 0 Å². The minimum atomic E-state index is -4.75. The molecule has 0 spiro atoms. The molecule has 0 aliphatic carbocycles. The minimum absolute atomic E-state index is 0.00772. The molecule has 2 fully saturated rings. The Morgan fingerprint density at radius 2 is 1.68 bits per heavy atom. The molecule has 1 N–H and O–H groups in total. The molecule has 3 aliphatic heterocycles. The number of nitrogens with one attached hydrogen (secondary N) is 1. The van der Waals surface area contributed by atoms with E-state index in [0.717, 1.165) is 21.0 Å². The number of hydrogen-bond donors (Lipinski definition) is 1. The number of piperazine rings is 1. The number of sulfonamides is 1. The lowest BCUT2D eigenvalue weighted by atomic mass is 10.1. The lowest BCUT2D eigenvalue weighted by Crippen LogP contribution is -2.50. The molecule has 0 bridgehead atoms. The maximum absolute atomic E-state index is 13.0. The van der Waals surface area contributed by atoms with Crippen LogP contribution in [0.2, 0.25) is 0 Å². The number of nitrogens with zero attached hydrogens (tertiary/aromatic N) is 3. The van der Waals surface area contributed by atoms with Crippen LogP contribution < -0.4 is 10.1 Å². The second-order valence-electron chi connectivity index (χ2n) is 10.4. The molecule has 2 saturated heterocycles. The molecule has 2 amide bonds. The van der Waals surface area contributed by atoms with E-state index in [4.69, 9.17) is 4.74 Å². The summed E-state index contributed by atoms with van der Waals surface area (Å²) in [6.07, 6.45) is -3.71. The van der Waals surface area contributed by atoms with Gasteiger partial charge in [-0.25, -0.2) is 8.42 Å². The first kappa shape index (κ1) is 28.4. The number of fused-ring (bicyclic) bond motifs is 1. The summed E-state index contributed by atoms with van der Waals surface area (Å²) >= 11 is 0. The summed E-state index contributed by atoms with van der Waals surface area (Å²) in [6, 6.07) is 13.2. The van der Waals surface area contributed by atoms with E-state index in [-0.39, 0.29) is 30.9 Å². The Labute approximate surface area is 230 Å². The molecule has 9 nitrogen and oxygen atoms in total. The molecule has 0 radical (unpaired) electrons. The SMILES string of the molecule is O=C1CCC(N2Cc3c(OCc4ccc(CN5CCN(S(=O)(=O)CC(F)(F)F)CC5)cc4)cccc3C2=O)CN1. The number of hydrogen-bond acceptors (Lipinski definition) is 6. The van der Waals surface area contributed by atoms with Crippen molar-refractivity contribution in [3.8, 4) is 5.75 Å². The Morgan fingerprint density at radius 1 is 0.975 bits per heavy atom. The van der Waals surface area contributed by atoms with Gasteiger partial charge in [-0.3, -0.25) is 14.5 Å².